The van der Waals surface area contributed by atoms with E-state index in [0.717, 1.165) is 32.5 Å². The van der Waals surface area contributed by atoms with Gasteiger partial charge in [0, 0.05) is 19.5 Å². The molecule has 3 heteroatoms. The minimum absolute atomic E-state index is 0.171. The zero-order valence-corrected chi connectivity index (χ0v) is 8.21. The van der Waals surface area contributed by atoms with Crippen molar-refractivity contribution in [2.75, 3.05) is 19.7 Å². The quantitative estimate of drug-likeness (QED) is 0.611. The lowest BCUT2D eigenvalue weighted by Gasteiger charge is -2.47. The standard InChI is InChI=1S/C10H17NO2/c1-2-9(12)11-6-3-10(4-7-11)5-8-13-10/h2-8H2,1H3. The van der Waals surface area contributed by atoms with Crippen LogP contribution in [0.25, 0.3) is 0 Å². The number of piperidine rings is 1. The summed E-state index contributed by atoms with van der Waals surface area (Å²) in [4.78, 5) is 13.3. The maximum Gasteiger partial charge on any atom is 0.222 e. The lowest BCUT2D eigenvalue weighted by molar-refractivity contribution is -0.176. The highest BCUT2D eigenvalue weighted by molar-refractivity contribution is 5.75. The highest BCUT2D eigenvalue weighted by Crippen LogP contribution is 2.36. The van der Waals surface area contributed by atoms with Gasteiger partial charge in [-0.25, -0.2) is 0 Å². The van der Waals surface area contributed by atoms with Gasteiger partial charge in [-0.3, -0.25) is 4.79 Å². The number of hydrogen-bond donors (Lipinski definition) is 0. The first kappa shape index (κ1) is 9.00. The van der Waals surface area contributed by atoms with Gasteiger partial charge in [0.15, 0.2) is 0 Å². The van der Waals surface area contributed by atoms with E-state index in [1.54, 1.807) is 0 Å². The summed E-state index contributed by atoms with van der Waals surface area (Å²) in [5.41, 5.74) is 0.171. The van der Waals surface area contributed by atoms with Gasteiger partial charge in [0.05, 0.1) is 12.2 Å². The highest BCUT2D eigenvalue weighted by atomic mass is 16.5. The fourth-order valence-electron chi connectivity index (χ4n) is 2.17. The van der Waals surface area contributed by atoms with Crippen LogP contribution in [-0.4, -0.2) is 36.1 Å². The zero-order valence-electron chi connectivity index (χ0n) is 8.21. The Hall–Kier alpha value is -0.570. The number of hydrogen-bond acceptors (Lipinski definition) is 2. The van der Waals surface area contributed by atoms with E-state index in [9.17, 15) is 4.79 Å². The Labute approximate surface area is 79.0 Å². The lowest BCUT2D eigenvalue weighted by Crippen LogP contribution is -2.53. The largest absolute Gasteiger partial charge is 0.375 e. The lowest BCUT2D eigenvalue weighted by atomic mass is 9.84. The van der Waals surface area contributed by atoms with E-state index in [2.05, 4.69) is 0 Å². The molecule has 0 bridgehead atoms. The van der Waals surface area contributed by atoms with Crippen molar-refractivity contribution in [3.63, 3.8) is 0 Å². The predicted octanol–water partition coefficient (Wildman–Crippen LogP) is 1.18. The SMILES string of the molecule is CCC(=O)N1CCC2(CCO2)CC1. The maximum atomic E-state index is 11.4. The number of nitrogens with zero attached hydrogens (tertiary/aromatic N) is 1. The molecule has 0 aromatic rings. The molecule has 0 atom stereocenters. The van der Waals surface area contributed by atoms with E-state index >= 15 is 0 Å². The molecule has 1 spiro atoms. The minimum atomic E-state index is 0.171. The van der Waals surface area contributed by atoms with E-state index in [0.29, 0.717) is 6.42 Å². The van der Waals surface area contributed by atoms with E-state index in [-0.39, 0.29) is 11.5 Å². The number of carbonyl (C=O) groups is 1. The third-order valence-corrected chi connectivity index (χ3v) is 3.30. The van der Waals surface area contributed by atoms with Gasteiger partial charge >= 0.3 is 0 Å². The average Bonchev–Trinajstić information content (AvgIpc) is 2.14. The molecule has 0 aliphatic carbocycles. The van der Waals surface area contributed by atoms with Gasteiger partial charge < -0.3 is 9.64 Å². The van der Waals surface area contributed by atoms with Crippen molar-refractivity contribution in [3.8, 4) is 0 Å². The Bertz CT molecular complexity index is 201. The van der Waals surface area contributed by atoms with Gasteiger partial charge in [-0.05, 0) is 19.3 Å². The second kappa shape index (κ2) is 3.29. The smallest absolute Gasteiger partial charge is 0.222 e. The van der Waals surface area contributed by atoms with Crippen LogP contribution in [0.2, 0.25) is 0 Å². The molecule has 3 nitrogen and oxygen atoms in total. The summed E-state index contributed by atoms with van der Waals surface area (Å²) in [6.45, 7) is 4.63. The van der Waals surface area contributed by atoms with E-state index in [1.807, 2.05) is 11.8 Å². The minimum Gasteiger partial charge on any atom is -0.375 e. The second-order valence-corrected chi connectivity index (χ2v) is 4.02. The molecule has 2 rings (SSSR count). The molecule has 0 aromatic carbocycles. The van der Waals surface area contributed by atoms with Crippen molar-refractivity contribution in [1.29, 1.82) is 0 Å². The van der Waals surface area contributed by atoms with Crippen molar-refractivity contribution in [1.82, 2.24) is 4.90 Å². The van der Waals surface area contributed by atoms with Crippen LogP contribution in [0.4, 0.5) is 0 Å². The molecule has 0 radical (unpaired) electrons. The zero-order chi connectivity index (χ0) is 9.31. The highest BCUT2D eigenvalue weighted by Gasteiger charge is 2.41. The molecule has 2 saturated heterocycles. The molecule has 0 saturated carbocycles. The summed E-state index contributed by atoms with van der Waals surface area (Å²) in [5.74, 6) is 0.286. The molecule has 13 heavy (non-hydrogen) atoms. The van der Waals surface area contributed by atoms with Crippen molar-refractivity contribution in [2.24, 2.45) is 0 Å². The molecule has 2 aliphatic heterocycles. The van der Waals surface area contributed by atoms with Crippen LogP contribution >= 0.6 is 0 Å². The predicted molar refractivity (Wildman–Crippen MR) is 49.4 cm³/mol. The molecular weight excluding hydrogens is 166 g/mol. The van der Waals surface area contributed by atoms with Gasteiger partial charge in [-0.2, -0.15) is 0 Å². The van der Waals surface area contributed by atoms with E-state index in [4.69, 9.17) is 4.74 Å². The summed E-state index contributed by atoms with van der Waals surface area (Å²) in [6, 6.07) is 0. The second-order valence-electron chi connectivity index (χ2n) is 4.02. The van der Waals surface area contributed by atoms with Crippen LogP contribution in [0, 0.1) is 0 Å². The van der Waals surface area contributed by atoms with E-state index in [1.165, 1.54) is 6.42 Å². The maximum absolute atomic E-state index is 11.4. The number of likely N-dealkylation sites (tertiary alicyclic amines) is 1. The van der Waals surface area contributed by atoms with Crippen molar-refractivity contribution in [3.05, 3.63) is 0 Å². The average molecular weight is 183 g/mol. The fourth-order valence-corrected chi connectivity index (χ4v) is 2.17. The van der Waals surface area contributed by atoms with Crippen molar-refractivity contribution in [2.45, 2.75) is 38.2 Å². The summed E-state index contributed by atoms with van der Waals surface area (Å²) in [7, 11) is 0. The number of rotatable bonds is 1. The van der Waals surface area contributed by atoms with Crippen LogP contribution in [0.5, 0.6) is 0 Å². The molecule has 0 N–H and O–H groups in total. The third-order valence-electron chi connectivity index (χ3n) is 3.30. The van der Waals surface area contributed by atoms with Gasteiger partial charge in [0.2, 0.25) is 5.91 Å². The first-order chi connectivity index (χ1) is 6.26. The van der Waals surface area contributed by atoms with Crippen LogP contribution in [0.3, 0.4) is 0 Å². The Balaban J connectivity index is 1.85. The number of amides is 1. The number of carbonyl (C=O) groups excluding carboxylic acids is 1. The van der Waals surface area contributed by atoms with Crippen LogP contribution in [-0.2, 0) is 9.53 Å². The first-order valence-electron chi connectivity index (χ1n) is 5.17. The molecule has 2 aliphatic rings. The molecule has 2 fully saturated rings. The van der Waals surface area contributed by atoms with Crippen LogP contribution in [0.15, 0.2) is 0 Å². The topological polar surface area (TPSA) is 29.5 Å². The third kappa shape index (κ3) is 1.57. The molecule has 0 unspecified atom stereocenters. The molecule has 2 heterocycles. The van der Waals surface area contributed by atoms with Gasteiger partial charge in [0.1, 0.15) is 0 Å². The first-order valence-corrected chi connectivity index (χ1v) is 5.17. The Morgan fingerprint density at radius 2 is 2.00 bits per heavy atom. The molecule has 1 amide bonds. The molecular formula is C10H17NO2. The summed E-state index contributed by atoms with van der Waals surface area (Å²) in [5, 5.41) is 0. The molecule has 74 valence electrons. The Morgan fingerprint density at radius 1 is 1.38 bits per heavy atom. The molecule has 0 aromatic heterocycles. The Kier molecular flexibility index (Phi) is 2.28. The van der Waals surface area contributed by atoms with Gasteiger partial charge in [-0.15, -0.1) is 0 Å². The van der Waals surface area contributed by atoms with Gasteiger partial charge in [0.25, 0.3) is 0 Å². The summed E-state index contributed by atoms with van der Waals surface area (Å²) < 4.78 is 5.58. The van der Waals surface area contributed by atoms with E-state index < -0.39 is 0 Å². The monoisotopic (exact) mass is 183 g/mol. The Morgan fingerprint density at radius 3 is 2.38 bits per heavy atom. The van der Waals surface area contributed by atoms with Crippen molar-refractivity contribution < 1.29 is 9.53 Å². The fraction of sp³-hybridized carbons (Fsp3) is 0.900. The summed E-state index contributed by atoms with van der Waals surface area (Å²) in [6.07, 6.45) is 3.91. The van der Waals surface area contributed by atoms with Crippen LogP contribution in [0.1, 0.15) is 32.6 Å². The van der Waals surface area contributed by atoms with Gasteiger partial charge in [-0.1, -0.05) is 6.92 Å². The number of ether oxygens (including phenoxy) is 1. The normalized spacial score (nSPS) is 25.8. The summed E-state index contributed by atoms with van der Waals surface area (Å²) >= 11 is 0. The van der Waals surface area contributed by atoms with Crippen molar-refractivity contribution >= 4 is 5.91 Å². The van der Waals surface area contributed by atoms with Crippen LogP contribution < -0.4 is 0 Å².